The SMILES string of the molecule is CCc1ccc(S(=O)(=O)N(CC(=O)O)CC(C)C)cc1. The minimum absolute atomic E-state index is 0.0547. The molecule has 6 heteroatoms. The molecule has 0 saturated heterocycles. The summed E-state index contributed by atoms with van der Waals surface area (Å²) in [4.78, 5) is 11.0. The summed E-state index contributed by atoms with van der Waals surface area (Å²) in [7, 11) is -3.76. The first-order valence-electron chi connectivity index (χ1n) is 6.58. The highest BCUT2D eigenvalue weighted by atomic mass is 32.2. The lowest BCUT2D eigenvalue weighted by atomic mass is 10.2. The van der Waals surface area contributed by atoms with Gasteiger partial charge in [0.25, 0.3) is 0 Å². The summed E-state index contributed by atoms with van der Waals surface area (Å²) in [6.07, 6.45) is 0.825. The van der Waals surface area contributed by atoms with Crippen LogP contribution in [0.2, 0.25) is 0 Å². The van der Waals surface area contributed by atoms with Crippen LogP contribution in [0.4, 0.5) is 0 Å². The highest BCUT2D eigenvalue weighted by molar-refractivity contribution is 7.89. The number of nitrogens with zero attached hydrogens (tertiary/aromatic N) is 1. The number of aliphatic carboxylic acids is 1. The maximum atomic E-state index is 12.5. The summed E-state index contributed by atoms with van der Waals surface area (Å²) >= 11 is 0. The van der Waals surface area contributed by atoms with Crippen molar-refractivity contribution in [1.29, 1.82) is 0 Å². The molecule has 0 saturated carbocycles. The second-order valence-electron chi connectivity index (χ2n) is 5.08. The molecular weight excluding hydrogens is 278 g/mol. The van der Waals surface area contributed by atoms with Crippen LogP contribution in [0.25, 0.3) is 0 Å². The van der Waals surface area contributed by atoms with E-state index in [1.54, 1.807) is 12.1 Å². The maximum Gasteiger partial charge on any atom is 0.318 e. The van der Waals surface area contributed by atoms with Crippen LogP contribution in [0.15, 0.2) is 29.2 Å². The first kappa shape index (κ1) is 16.7. The summed E-state index contributed by atoms with van der Waals surface area (Å²) < 4.78 is 25.9. The Morgan fingerprint density at radius 2 is 1.80 bits per heavy atom. The van der Waals surface area contributed by atoms with Gasteiger partial charge in [-0.25, -0.2) is 8.42 Å². The van der Waals surface area contributed by atoms with Gasteiger partial charge in [-0.3, -0.25) is 4.79 Å². The number of hydrogen-bond acceptors (Lipinski definition) is 3. The van der Waals surface area contributed by atoms with E-state index in [4.69, 9.17) is 5.11 Å². The van der Waals surface area contributed by atoms with Crippen molar-refractivity contribution in [2.75, 3.05) is 13.1 Å². The lowest BCUT2D eigenvalue weighted by Crippen LogP contribution is -2.38. The van der Waals surface area contributed by atoms with Crippen molar-refractivity contribution in [3.63, 3.8) is 0 Å². The second-order valence-corrected chi connectivity index (χ2v) is 7.02. The van der Waals surface area contributed by atoms with Gasteiger partial charge in [0.05, 0.1) is 4.90 Å². The van der Waals surface area contributed by atoms with Gasteiger partial charge in [0.15, 0.2) is 0 Å². The molecule has 1 rings (SSSR count). The third kappa shape index (κ3) is 4.31. The average molecular weight is 299 g/mol. The van der Waals surface area contributed by atoms with Gasteiger partial charge in [-0.15, -0.1) is 0 Å². The van der Waals surface area contributed by atoms with Crippen LogP contribution in [0, 0.1) is 5.92 Å². The second kappa shape index (κ2) is 6.85. The zero-order valence-electron chi connectivity index (χ0n) is 12.0. The molecule has 0 fully saturated rings. The van der Waals surface area contributed by atoms with E-state index in [-0.39, 0.29) is 17.4 Å². The minimum Gasteiger partial charge on any atom is -0.480 e. The predicted molar refractivity (Wildman–Crippen MR) is 77.1 cm³/mol. The van der Waals surface area contributed by atoms with Crippen LogP contribution in [0.5, 0.6) is 0 Å². The van der Waals surface area contributed by atoms with Crippen molar-refractivity contribution in [2.45, 2.75) is 32.1 Å². The van der Waals surface area contributed by atoms with Crippen molar-refractivity contribution in [3.05, 3.63) is 29.8 Å². The van der Waals surface area contributed by atoms with E-state index >= 15 is 0 Å². The Morgan fingerprint density at radius 1 is 1.25 bits per heavy atom. The van der Waals surface area contributed by atoms with Crippen LogP contribution in [-0.2, 0) is 21.2 Å². The largest absolute Gasteiger partial charge is 0.480 e. The standard InChI is InChI=1S/C14H21NO4S/c1-4-12-5-7-13(8-6-12)20(18,19)15(9-11(2)3)10-14(16)17/h5-8,11H,4,9-10H2,1-3H3,(H,16,17). The number of rotatable bonds is 7. The van der Waals surface area contributed by atoms with Gasteiger partial charge in [-0.2, -0.15) is 4.31 Å². The zero-order valence-corrected chi connectivity index (χ0v) is 12.9. The molecule has 0 aliphatic heterocycles. The van der Waals surface area contributed by atoms with Gasteiger partial charge in [0, 0.05) is 6.54 Å². The monoisotopic (exact) mass is 299 g/mol. The first-order valence-corrected chi connectivity index (χ1v) is 8.02. The van der Waals surface area contributed by atoms with E-state index in [1.807, 2.05) is 20.8 Å². The molecule has 112 valence electrons. The fourth-order valence-corrected chi connectivity index (χ4v) is 3.40. The Labute approximate surface area is 120 Å². The molecule has 20 heavy (non-hydrogen) atoms. The third-order valence-electron chi connectivity index (χ3n) is 2.85. The number of carbonyl (C=O) groups is 1. The van der Waals surface area contributed by atoms with E-state index in [0.29, 0.717) is 0 Å². The highest BCUT2D eigenvalue weighted by Gasteiger charge is 2.27. The van der Waals surface area contributed by atoms with E-state index in [0.717, 1.165) is 16.3 Å². The number of carboxylic acid groups (broad SMARTS) is 1. The molecule has 0 atom stereocenters. The molecule has 0 amide bonds. The van der Waals surface area contributed by atoms with Crippen molar-refractivity contribution >= 4 is 16.0 Å². The van der Waals surface area contributed by atoms with Crippen molar-refractivity contribution in [2.24, 2.45) is 5.92 Å². The number of hydrogen-bond donors (Lipinski definition) is 1. The molecule has 0 spiro atoms. The van der Waals surface area contributed by atoms with E-state index < -0.39 is 22.5 Å². The van der Waals surface area contributed by atoms with Crippen LogP contribution < -0.4 is 0 Å². The lowest BCUT2D eigenvalue weighted by Gasteiger charge is -2.22. The topological polar surface area (TPSA) is 74.7 Å². The Hall–Kier alpha value is -1.40. The summed E-state index contributed by atoms with van der Waals surface area (Å²) in [5, 5.41) is 8.88. The van der Waals surface area contributed by atoms with Gasteiger partial charge in [0.2, 0.25) is 10.0 Å². The molecule has 0 aromatic heterocycles. The molecule has 0 radical (unpaired) electrons. The van der Waals surface area contributed by atoms with Gasteiger partial charge in [0.1, 0.15) is 6.54 Å². The number of benzene rings is 1. The van der Waals surface area contributed by atoms with Gasteiger partial charge in [-0.1, -0.05) is 32.9 Å². The highest BCUT2D eigenvalue weighted by Crippen LogP contribution is 2.18. The Bertz CT molecular complexity index is 549. The fraction of sp³-hybridized carbons (Fsp3) is 0.500. The summed E-state index contributed by atoms with van der Waals surface area (Å²) in [6, 6.07) is 6.56. The Kier molecular flexibility index (Phi) is 5.71. The van der Waals surface area contributed by atoms with Crippen LogP contribution in [0.3, 0.4) is 0 Å². The molecule has 1 N–H and O–H groups in total. The van der Waals surface area contributed by atoms with E-state index in [1.165, 1.54) is 12.1 Å². The molecule has 1 aromatic rings. The number of sulfonamides is 1. The molecule has 0 aliphatic rings. The molecule has 0 unspecified atom stereocenters. The van der Waals surface area contributed by atoms with Crippen molar-refractivity contribution in [3.8, 4) is 0 Å². The number of carboxylic acids is 1. The Morgan fingerprint density at radius 3 is 2.20 bits per heavy atom. The Balaban J connectivity index is 3.10. The lowest BCUT2D eigenvalue weighted by molar-refractivity contribution is -0.137. The smallest absolute Gasteiger partial charge is 0.318 e. The predicted octanol–water partition coefficient (Wildman–Crippen LogP) is 1.98. The molecule has 1 aromatic carbocycles. The van der Waals surface area contributed by atoms with Gasteiger partial charge in [-0.05, 0) is 30.0 Å². The normalized spacial score (nSPS) is 12.1. The zero-order chi connectivity index (χ0) is 15.3. The fourth-order valence-electron chi connectivity index (χ4n) is 1.85. The number of aryl methyl sites for hydroxylation is 1. The summed E-state index contributed by atoms with van der Waals surface area (Å²) in [6.45, 7) is 5.36. The molecule has 0 heterocycles. The van der Waals surface area contributed by atoms with Crippen molar-refractivity contribution < 1.29 is 18.3 Å². The molecule has 5 nitrogen and oxygen atoms in total. The van der Waals surface area contributed by atoms with Crippen molar-refractivity contribution in [1.82, 2.24) is 4.31 Å². The molecular formula is C14H21NO4S. The van der Waals surface area contributed by atoms with Gasteiger partial charge < -0.3 is 5.11 Å². The third-order valence-corrected chi connectivity index (χ3v) is 4.68. The van der Waals surface area contributed by atoms with Crippen LogP contribution in [-0.4, -0.2) is 36.9 Å². The summed E-state index contributed by atoms with van der Waals surface area (Å²) in [5.41, 5.74) is 1.04. The van der Waals surface area contributed by atoms with E-state index in [2.05, 4.69) is 0 Å². The maximum absolute atomic E-state index is 12.5. The summed E-state index contributed by atoms with van der Waals surface area (Å²) in [5.74, 6) is -1.10. The van der Waals surface area contributed by atoms with Crippen LogP contribution >= 0.6 is 0 Å². The van der Waals surface area contributed by atoms with Crippen LogP contribution in [0.1, 0.15) is 26.3 Å². The molecule has 0 bridgehead atoms. The first-order chi connectivity index (χ1) is 9.27. The van der Waals surface area contributed by atoms with E-state index in [9.17, 15) is 13.2 Å². The minimum atomic E-state index is -3.76. The van der Waals surface area contributed by atoms with Gasteiger partial charge >= 0.3 is 5.97 Å². The quantitative estimate of drug-likeness (QED) is 0.835. The molecule has 0 aliphatic carbocycles. The average Bonchev–Trinajstić information content (AvgIpc) is 2.37.